The first-order valence-electron chi connectivity index (χ1n) is 7.81. The number of carboxylic acid groups (broad SMARTS) is 1. The van der Waals surface area contributed by atoms with Crippen LogP contribution in [0.2, 0.25) is 0 Å². The maximum atomic E-state index is 11.8. The van der Waals surface area contributed by atoms with Crippen molar-refractivity contribution in [2.75, 3.05) is 0 Å². The van der Waals surface area contributed by atoms with E-state index in [1.165, 1.54) is 12.1 Å². The van der Waals surface area contributed by atoms with Crippen LogP contribution in [0.5, 0.6) is 11.5 Å². The van der Waals surface area contributed by atoms with Crippen molar-refractivity contribution < 1.29 is 86.5 Å². The van der Waals surface area contributed by atoms with E-state index in [2.05, 4.69) is 0 Å². The van der Waals surface area contributed by atoms with Crippen molar-refractivity contribution in [2.24, 2.45) is 0 Å². The molecule has 2 aliphatic rings. The third kappa shape index (κ3) is 4.09. The zero-order chi connectivity index (χ0) is 17.6. The van der Waals surface area contributed by atoms with Gasteiger partial charge in [-0.1, -0.05) is 30.3 Å². The van der Waals surface area contributed by atoms with Crippen LogP contribution >= 0.6 is 0 Å². The van der Waals surface area contributed by atoms with Gasteiger partial charge < -0.3 is 17.8 Å². The molecular weight excluding hydrogens is 366 g/mol. The van der Waals surface area contributed by atoms with Crippen LogP contribution < -0.4 is 63.9 Å². The van der Waals surface area contributed by atoms with Crippen LogP contribution in [0, 0.1) is 0 Å². The molecule has 0 fully saturated rings. The second-order valence-corrected chi connectivity index (χ2v) is 6.00. The summed E-state index contributed by atoms with van der Waals surface area (Å²) in [5, 5.41) is 19.3. The maximum absolute atomic E-state index is 11.8. The Morgan fingerprint density at radius 1 is 1.07 bits per heavy atom. The second-order valence-electron chi connectivity index (χ2n) is 6.00. The molecule has 1 unspecified atom stereocenters. The molecule has 0 radical (unpaired) electrons. The smallest absolute Gasteiger partial charge is 1.00 e. The summed E-state index contributed by atoms with van der Waals surface area (Å²) in [5.41, 5.74) is 2.35. The van der Waals surface area contributed by atoms with Gasteiger partial charge in [-0.3, -0.25) is 4.79 Å². The van der Waals surface area contributed by atoms with E-state index in [0.717, 1.165) is 11.1 Å². The molecule has 2 N–H and O–H groups in total. The molecule has 1 aliphatic carbocycles. The molecule has 0 aromatic heterocycles. The van der Waals surface area contributed by atoms with Crippen molar-refractivity contribution >= 4 is 11.8 Å². The van der Waals surface area contributed by atoms with Gasteiger partial charge >= 0.3 is 65.1 Å². The van der Waals surface area contributed by atoms with Crippen LogP contribution in [-0.4, -0.2) is 22.0 Å². The van der Waals surface area contributed by atoms with Gasteiger partial charge in [-0.15, -0.1) is 0 Å². The fraction of sp³-hybridized carbons (Fsp3) is 0.100. The molecule has 2 aromatic carbocycles. The number of fused-ring (bicyclic) bond motifs is 1. The van der Waals surface area contributed by atoms with Crippen molar-refractivity contribution in [3.8, 4) is 11.5 Å². The van der Waals surface area contributed by atoms with Gasteiger partial charge in [0.1, 0.15) is 17.3 Å². The molecule has 1 atom stereocenters. The van der Waals surface area contributed by atoms with E-state index in [4.69, 9.17) is 4.74 Å². The molecule has 1 heterocycles. The SMILES string of the molecule is O=C1C=CC2=C(C1)Oc1cc(O)ccc1C2c1ccccc1C(=O)O.[H-].[H-].[Na+].[Na+]. The van der Waals surface area contributed by atoms with Crippen LogP contribution in [0.3, 0.4) is 0 Å². The largest absolute Gasteiger partial charge is 1.00 e. The summed E-state index contributed by atoms with van der Waals surface area (Å²) in [4.78, 5) is 23.5. The predicted molar refractivity (Wildman–Crippen MR) is 92.0 cm³/mol. The average Bonchev–Trinajstić information content (AvgIpc) is 2.59. The number of carboxylic acids is 1. The van der Waals surface area contributed by atoms with Gasteiger partial charge in [0.05, 0.1) is 12.0 Å². The minimum absolute atomic E-state index is 0. The van der Waals surface area contributed by atoms with Gasteiger partial charge in [-0.2, -0.15) is 0 Å². The monoisotopic (exact) mass is 382 g/mol. The first-order chi connectivity index (χ1) is 12.0. The van der Waals surface area contributed by atoms with Crippen LogP contribution in [0.1, 0.15) is 36.7 Å². The minimum Gasteiger partial charge on any atom is -1.00 e. The van der Waals surface area contributed by atoms with Crippen molar-refractivity contribution in [3.63, 3.8) is 0 Å². The zero-order valence-electron chi connectivity index (χ0n) is 17.1. The molecule has 7 heteroatoms. The summed E-state index contributed by atoms with van der Waals surface area (Å²) >= 11 is 0. The number of aromatic carboxylic acids is 1. The number of phenolic OH excluding ortho intramolecular Hbond substituents is 1. The van der Waals surface area contributed by atoms with Crippen molar-refractivity contribution in [1.29, 1.82) is 0 Å². The van der Waals surface area contributed by atoms with Crippen LogP contribution in [0.15, 0.2) is 65.9 Å². The van der Waals surface area contributed by atoms with Crippen molar-refractivity contribution in [3.05, 3.63) is 82.6 Å². The number of hydrogen-bond acceptors (Lipinski definition) is 4. The molecule has 0 spiro atoms. The van der Waals surface area contributed by atoms with Gasteiger partial charge in [-0.05, 0) is 23.8 Å². The summed E-state index contributed by atoms with van der Waals surface area (Å²) in [5.74, 6) is -0.488. The molecular formula is C20H16Na2O5. The number of benzene rings is 2. The number of ether oxygens (including phenoxy) is 1. The van der Waals surface area contributed by atoms with Crippen LogP contribution in [-0.2, 0) is 4.79 Å². The molecule has 4 rings (SSSR count). The molecule has 1 aliphatic heterocycles. The van der Waals surface area contributed by atoms with E-state index in [0.29, 0.717) is 17.1 Å². The Bertz CT molecular complexity index is 989. The summed E-state index contributed by atoms with van der Waals surface area (Å²) < 4.78 is 5.84. The number of carbonyl (C=O) groups is 2. The molecule has 128 valence electrons. The molecule has 5 nitrogen and oxygen atoms in total. The van der Waals surface area contributed by atoms with E-state index < -0.39 is 5.97 Å². The van der Waals surface area contributed by atoms with Gasteiger partial charge in [-0.25, -0.2) is 4.79 Å². The number of allylic oxidation sites excluding steroid dienone is 4. The van der Waals surface area contributed by atoms with E-state index in [1.54, 1.807) is 42.5 Å². The fourth-order valence-electron chi connectivity index (χ4n) is 3.38. The summed E-state index contributed by atoms with van der Waals surface area (Å²) in [6, 6.07) is 11.5. The van der Waals surface area contributed by atoms with Crippen LogP contribution in [0.4, 0.5) is 0 Å². The van der Waals surface area contributed by atoms with Crippen molar-refractivity contribution in [2.45, 2.75) is 12.3 Å². The summed E-state index contributed by atoms with van der Waals surface area (Å²) in [6.45, 7) is 0. The van der Waals surface area contributed by atoms with E-state index >= 15 is 0 Å². The summed E-state index contributed by atoms with van der Waals surface area (Å²) in [6.07, 6.45) is 3.30. The van der Waals surface area contributed by atoms with Gasteiger partial charge in [0.25, 0.3) is 0 Å². The molecule has 0 saturated carbocycles. The third-order valence-electron chi connectivity index (χ3n) is 4.46. The third-order valence-corrected chi connectivity index (χ3v) is 4.46. The molecule has 0 amide bonds. The van der Waals surface area contributed by atoms with Gasteiger partial charge in [0, 0.05) is 23.1 Å². The molecule has 0 saturated heterocycles. The number of carbonyl (C=O) groups excluding carboxylic acids is 1. The minimum atomic E-state index is -1.01. The standard InChI is InChI=1S/C20H14O5.2Na.2H/c21-11-5-7-15-17(9-11)25-18-10-12(22)6-8-16(18)19(15)13-3-1-2-4-14(13)20(23)24;;;;/h1-9,19,21H,10H2,(H,23,24);;;;/q;2*+1;2*-1. The first kappa shape index (κ1) is 22.0. The predicted octanol–water partition coefficient (Wildman–Crippen LogP) is -2.37. The Hall–Kier alpha value is -1.34. The Morgan fingerprint density at radius 3 is 2.56 bits per heavy atom. The van der Waals surface area contributed by atoms with Gasteiger partial charge in [0.2, 0.25) is 0 Å². The number of rotatable bonds is 2. The number of phenols is 1. The van der Waals surface area contributed by atoms with Crippen LogP contribution in [0.25, 0.3) is 0 Å². The molecule has 0 bridgehead atoms. The first-order valence-corrected chi connectivity index (χ1v) is 7.81. The molecule has 2 aromatic rings. The fourth-order valence-corrected chi connectivity index (χ4v) is 3.38. The Morgan fingerprint density at radius 2 is 1.81 bits per heavy atom. The number of ketones is 1. The second kappa shape index (κ2) is 8.78. The zero-order valence-corrected chi connectivity index (χ0v) is 19.1. The number of hydrogen-bond donors (Lipinski definition) is 2. The Kier molecular flexibility index (Phi) is 7.14. The average molecular weight is 382 g/mol. The van der Waals surface area contributed by atoms with E-state index in [9.17, 15) is 19.8 Å². The summed E-state index contributed by atoms with van der Waals surface area (Å²) in [7, 11) is 0. The van der Waals surface area contributed by atoms with Crippen molar-refractivity contribution in [1.82, 2.24) is 0 Å². The van der Waals surface area contributed by atoms with E-state index in [1.807, 2.05) is 0 Å². The quantitative estimate of drug-likeness (QED) is 0.568. The molecule has 27 heavy (non-hydrogen) atoms. The normalized spacial score (nSPS) is 17.0. The Labute approximate surface area is 203 Å². The number of aromatic hydroxyl groups is 1. The topological polar surface area (TPSA) is 83.8 Å². The maximum Gasteiger partial charge on any atom is 1.00 e. The Balaban J connectivity index is 0.00000196. The van der Waals surface area contributed by atoms with E-state index in [-0.39, 0.29) is 91.4 Å². The van der Waals surface area contributed by atoms with Gasteiger partial charge in [0.15, 0.2) is 5.78 Å².